The second kappa shape index (κ2) is 3.67. The largest absolute Gasteiger partial charge is 0.321 e. The summed E-state index contributed by atoms with van der Waals surface area (Å²) < 4.78 is 1.84. The van der Waals surface area contributed by atoms with E-state index in [9.17, 15) is 0 Å². The van der Waals surface area contributed by atoms with E-state index in [4.69, 9.17) is 5.73 Å². The first-order valence-electron chi connectivity index (χ1n) is 4.24. The molecule has 4 nitrogen and oxygen atoms in total. The molecule has 0 aliphatic heterocycles. The Kier molecular flexibility index (Phi) is 2.81. The van der Waals surface area contributed by atoms with E-state index in [2.05, 4.69) is 23.9 Å². The number of aromatic nitrogens is 3. The van der Waals surface area contributed by atoms with Gasteiger partial charge in [0.25, 0.3) is 0 Å². The van der Waals surface area contributed by atoms with Gasteiger partial charge < -0.3 is 5.73 Å². The summed E-state index contributed by atoms with van der Waals surface area (Å²) in [4.78, 5) is 4.10. The van der Waals surface area contributed by atoms with E-state index in [0.29, 0.717) is 5.92 Å². The third-order valence-electron chi connectivity index (χ3n) is 1.51. The number of rotatable bonds is 3. The molecule has 0 aliphatic rings. The maximum Gasteiger partial charge on any atom is 0.166 e. The van der Waals surface area contributed by atoms with Crippen LogP contribution in [0.2, 0.25) is 0 Å². The number of hydrogen-bond donors (Lipinski definition) is 1. The van der Waals surface area contributed by atoms with Crippen molar-refractivity contribution in [1.29, 1.82) is 0 Å². The van der Waals surface area contributed by atoms with Crippen LogP contribution in [0.1, 0.15) is 32.6 Å². The van der Waals surface area contributed by atoms with Gasteiger partial charge in [-0.1, -0.05) is 13.8 Å². The minimum atomic E-state index is -0.0709. The Hall–Kier alpha value is -0.900. The standard InChI is InChI=1S/C8H16N4/c1-6(2)4-12-5-10-8(11-12)7(3)9/h5-7H,4,9H2,1-3H3. The van der Waals surface area contributed by atoms with Crippen molar-refractivity contribution in [2.24, 2.45) is 11.7 Å². The average molecular weight is 168 g/mol. The first-order valence-corrected chi connectivity index (χ1v) is 4.24. The Labute approximate surface area is 72.8 Å². The lowest BCUT2D eigenvalue weighted by Crippen LogP contribution is -2.09. The van der Waals surface area contributed by atoms with Gasteiger partial charge >= 0.3 is 0 Å². The molecule has 0 fully saturated rings. The predicted molar refractivity (Wildman–Crippen MR) is 47.5 cm³/mol. The molecule has 1 heterocycles. The van der Waals surface area contributed by atoms with Gasteiger partial charge in [-0.05, 0) is 12.8 Å². The van der Waals surface area contributed by atoms with Gasteiger partial charge in [-0.2, -0.15) is 5.10 Å². The molecule has 2 N–H and O–H groups in total. The Morgan fingerprint density at radius 1 is 1.50 bits per heavy atom. The molecule has 4 heteroatoms. The highest BCUT2D eigenvalue weighted by Gasteiger charge is 2.05. The maximum absolute atomic E-state index is 5.62. The van der Waals surface area contributed by atoms with Crippen molar-refractivity contribution in [3.63, 3.8) is 0 Å². The van der Waals surface area contributed by atoms with E-state index in [1.54, 1.807) is 6.33 Å². The molecule has 0 aliphatic carbocycles. The molecule has 0 bridgehead atoms. The zero-order valence-electron chi connectivity index (χ0n) is 7.86. The van der Waals surface area contributed by atoms with Crippen molar-refractivity contribution in [3.8, 4) is 0 Å². The summed E-state index contributed by atoms with van der Waals surface area (Å²) in [6.45, 7) is 7.08. The van der Waals surface area contributed by atoms with Gasteiger partial charge in [0.1, 0.15) is 6.33 Å². The molecule has 1 aromatic heterocycles. The van der Waals surface area contributed by atoms with Gasteiger partial charge in [0, 0.05) is 6.54 Å². The fourth-order valence-electron chi connectivity index (χ4n) is 0.980. The van der Waals surface area contributed by atoms with Crippen LogP contribution in [0, 0.1) is 5.92 Å². The molecule has 0 radical (unpaired) electrons. The quantitative estimate of drug-likeness (QED) is 0.731. The lowest BCUT2D eigenvalue weighted by atomic mass is 10.2. The molecule has 0 spiro atoms. The summed E-state index contributed by atoms with van der Waals surface area (Å²) in [7, 11) is 0. The van der Waals surface area contributed by atoms with Crippen LogP contribution < -0.4 is 5.73 Å². The third-order valence-corrected chi connectivity index (χ3v) is 1.51. The zero-order valence-corrected chi connectivity index (χ0v) is 7.86. The first kappa shape index (κ1) is 9.19. The summed E-state index contributed by atoms with van der Waals surface area (Å²) in [5.41, 5.74) is 5.62. The van der Waals surface area contributed by atoms with Crippen LogP contribution in [-0.4, -0.2) is 14.8 Å². The topological polar surface area (TPSA) is 56.7 Å². The van der Waals surface area contributed by atoms with Crippen LogP contribution in [0.25, 0.3) is 0 Å². The van der Waals surface area contributed by atoms with Crippen LogP contribution in [0.5, 0.6) is 0 Å². The van der Waals surface area contributed by atoms with Crippen LogP contribution >= 0.6 is 0 Å². The lowest BCUT2D eigenvalue weighted by Gasteiger charge is -2.02. The summed E-state index contributed by atoms with van der Waals surface area (Å²) in [6.07, 6.45) is 1.73. The highest BCUT2D eigenvalue weighted by atomic mass is 15.3. The van der Waals surface area contributed by atoms with Crippen molar-refractivity contribution in [3.05, 3.63) is 12.2 Å². The molecule has 0 aromatic carbocycles. The van der Waals surface area contributed by atoms with Crippen molar-refractivity contribution in [1.82, 2.24) is 14.8 Å². The first-order chi connectivity index (χ1) is 5.59. The summed E-state index contributed by atoms with van der Waals surface area (Å²) in [6, 6.07) is -0.0709. The van der Waals surface area contributed by atoms with E-state index in [0.717, 1.165) is 12.4 Å². The number of nitrogens with zero attached hydrogens (tertiary/aromatic N) is 3. The molecule has 1 atom stereocenters. The van der Waals surface area contributed by atoms with Crippen molar-refractivity contribution in [2.75, 3.05) is 0 Å². The minimum Gasteiger partial charge on any atom is -0.321 e. The van der Waals surface area contributed by atoms with Crippen LogP contribution in [0.4, 0.5) is 0 Å². The maximum atomic E-state index is 5.62. The Bertz CT molecular complexity index is 239. The minimum absolute atomic E-state index is 0.0709. The Morgan fingerprint density at radius 2 is 2.17 bits per heavy atom. The smallest absolute Gasteiger partial charge is 0.166 e. The van der Waals surface area contributed by atoms with Crippen molar-refractivity contribution >= 4 is 0 Å². The molecule has 0 saturated heterocycles. The van der Waals surface area contributed by atoms with Gasteiger partial charge in [-0.15, -0.1) is 0 Å². The third kappa shape index (κ3) is 2.30. The van der Waals surface area contributed by atoms with Gasteiger partial charge in [0.05, 0.1) is 6.04 Å². The SMILES string of the molecule is CC(C)Cn1cnc(C(C)N)n1. The zero-order chi connectivity index (χ0) is 9.14. The highest BCUT2D eigenvalue weighted by molar-refractivity contribution is 4.87. The fraction of sp³-hybridized carbons (Fsp3) is 0.750. The monoisotopic (exact) mass is 168 g/mol. The average Bonchev–Trinajstić information content (AvgIpc) is 2.34. The highest BCUT2D eigenvalue weighted by Crippen LogP contribution is 2.02. The summed E-state index contributed by atoms with van der Waals surface area (Å²) in [5, 5.41) is 4.23. The Morgan fingerprint density at radius 3 is 2.58 bits per heavy atom. The van der Waals surface area contributed by atoms with Crippen LogP contribution in [0.15, 0.2) is 6.33 Å². The molecule has 1 rings (SSSR count). The van der Waals surface area contributed by atoms with Crippen molar-refractivity contribution < 1.29 is 0 Å². The number of hydrogen-bond acceptors (Lipinski definition) is 3. The van der Waals surface area contributed by atoms with Gasteiger partial charge in [0.15, 0.2) is 5.82 Å². The second-order valence-electron chi connectivity index (χ2n) is 3.51. The molecule has 1 aromatic rings. The molecule has 12 heavy (non-hydrogen) atoms. The molecule has 1 unspecified atom stereocenters. The van der Waals surface area contributed by atoms with E-state index in [1.165, 1.54) is 0 Å². The van der Waals surface area contributed by atoms with E-state index >= 15 is 0 Å². The molecular weight excluding hydrogens is 152 g/mol. The number of nitrogens with two attached hydrogens (primary N) is 1. The Balaban J connectivity index is 2.64. The van der Waals surface area contributed by atoms with Crippen LogP contribution in [-0.2, 0) is 6.54 Å². The molecular formula is C8H16N4. The fourth-order valence-corrected chi connectivity index (χ4v) is 0.980. The molecule has 0 amide bonds. The molecule has 0 saturated carbocycles. The summed E-state index contributed by atoms with van der Waals surface area (Å²) in [5.74, 6) is 1.31. The van der Waals surface area contributed by atoms with Gasteiger partial charge in [-0.3, -0.25) is 4.68 Å². The van der Waals surface area contributed by atoms with Gasteiger partial charge in [-0.25, -0.2) is 4.98 Å². The predicted octanol–water partition coefficient (Wildman–Crippen LogP) is 0.954. The lowest BCUT2D eigenvalue weighted by molar-refractivity contribution is 0.477. The molecule has 68 valence electrons. The van der Waals surface area contributed by atoms with Crippen LogP contribution in [0.3, 0.4) is 0 Å². The van der Waals surface area contributed by atoms with E-state index in [-0.39, 0.29) is 6.04 Å². The second-order valence-corrected chi connectivity index (χ2v) is 3.51. The van der Waals surface area contributed by atoms with E-state index < -0.39 is 0 Å². The summed E-state index contributed by atoms with van der Waals surface area (Å²) >= 11 is 0. The van der Waals surface area contributed by atoms with E-state index in [1.807, 2.05) is 11.6 Å². The van der Waals surface area contributed by atoms with Crippen molar-refractivity contribution in [2.45, 2.75) is 33.4 Å². The normalized spacial score (nSPS) is 13.8. The van der Waals surface area contributed by atoms with Gasteiger partial charge in [0.2, 0.25) is 0 Å².